The summed E-state index contributed by atoms with van der Waals surface area (Å²) in [6, 6.07) is 12.6. The van der Waals surface area contributed by atoms with Crippen LogP contribution in [0, 0.1) is 5.41 Å². The highest BCUT2D eigenvalue weighted by atomic mass is 32.2. The maximum atomic E-state index is 13.2. The van der Waals surface area contributed by atoms with Gasteiger partial charge in [0.2, 0.25) is 11.8 Å². The Morgan fingerprint density at radius 3 is 2.64 bits per heavy atom. The van der Waals surface area contributed by atoms with E-state index in [-0.39, 0.29) is 24.4 Å². The number of hydrogen-bond acceptors (Lipinski definition) is 8. The number of nitrogens with two attached hydrogens (primary N) is 1. The van der Waals surface area contributed by atoms with E-state index in [1.54, 1.807) is 36.6 Å². The Morgan fingerprint density at radius 2 is 1.90 bits per heavy atom. The van der Waals surface area contributed by atoms with Gasteiger partial charge in [0.15, 0.2) is 0 Å². The minimum atomic E-state index is -3.07. The first-order valence-corrected chi connectivity index (χ1v) is 14.6. The molecule has 2 aliphatic heterocycles. The van der Waals surface area contributed by atoms with Crippen molar-refractivity contribution in [3.63, 3.8) is 0 Å². The number of fused-ring (bicyclic) bond motifs is 2. The monoisotopic (exact) mass is 615 g/mol. The molecule has 2 aliphatic rings. The van der Waals surface area contributed by atoms with E-state index in [0.717, 1.165) is 19.6 Å². The molecule has 0 unspecified atom stereocenters. The molecule has 3 heterocycles. The molecule has 0 bridgehead atoms. The van der Waals surface area contributed by atoms with Gasteiger partial charge in [0.1, 0.15) is 23.4 Å². The molecule has 0 aliphatic carbocycles. The van der Waals surface area contributed by atoms with Crippen molar-refractivity contribution in [3.8, 4) is 11.5 Å². The number of carbonyl (C=O) groups is 3. The second kappa shape index (κ2) is 12.5. The van der Waals surface area contributed by atoms with Crippen LogP contribution in [-0.4, -0.2) is 60.3 Å². The molecule has 5 rings (SSSR count). The zero-order chi connectivity index (χ0) is 30.0. The molecule has 0 radical (unpaired) electrons. The molecule has 220 valence electrons. The predicted octanol–water partition coefficient (Wildman–Crippen LogP) is 4.10. The van der Waals surface area contributed by atoms with E-state index in [0.29, 0.717) is 17.1 Å². The third kappa shape index (κ3) is 6.55. The molecule has 1 fully saturated rings. The molecule has 5 N–H and O–H groups in total. The second-order valence-electron chi connectivity index (χ2n) is 9.69. The summed E-state index contributed by atoms with van der Waals surface area (Å²) in [5.74, 6) is -0.628. The molecule has 3 amide bonds. The number of thiophene rings is 1. The molecule has 14 heteroatoms. The first-order chi connectivity index (χ1) is 20.1. The van der Waals surface area contributed by atoms with E-state index in [9.17, 15) is 23.2 Å². The number of para-hydroxylation sites is 1. The number of alkyl halides is 2. The van der Waals surface area contributed by atoms with Gasteiger partial charge in [-0.3, -0.25) is 19.8 Å². The summed E-state index contributed by atoms with van der Waals surface area (Å²) in [5, 5.41) is 14.6. The van der Waals surface area contributed by atoms with E-state index >= 15 is 0 Å². The SMILES string of the molecule is C[C@@H](NC(=O)[C@@H]1C[C@@H](OC(F)F)CN1C(=O)CNC(=O)c1ccc2c(c1)Oc1ccccc1S2)c1cc(C(=N)N)cs1. The Labute approximate surface area is 248 Å². The van der Waals surface area contributed by atoms with Crippen molar-refractivity contribution in [2.75, 3.05) is 13.1 Å². The normalized spacial score (nSPS) is 18.0. The lowest BCUT2D eigenvalue weighted by atomic mass is 10.1. The Morgan fingerprint density at radius 1 is 1.14 bits per heavy atom. The third-order valence-electron chi connectivity index (χ3n) is 6.79. The van der Waals surface area contributed by atoms with E-state index < -0.39 is 49.1 Å². The molecule has 0 saturated carbocycles. The number of rotatable bonds is 9. The Balaban J connectivity index is 1.23. The van der Waals surface area contributed by atoms with Crippen LogP contribution in [0.5, 0.6) is 11.5 Å². The van der Waals surface area contributed by atoms with Crippen LogP contribution in [0.15, 0.2) is 63.7 Å². The number of amides is 3. The van der Waals surface area contributed by atoms with Gasteiger partial charge < -0.3 is 30.7 Å². The van der Waals surface area contributed by atoms with Crippen LogP contribution in [0.4, 0.5) is 8.78 Å². The van der Waals surface area contributed by atoms with Crippen molar-refractivity contribution in [3.05, 3.63) is 69.9 Å². The molecule has 1 saturated heterocycles. The number of carbonyl (C=O) groups excluding carboxylic acids is 3. The van der Waals surface area contributed by atoms with Crippen molar-refractivity contribution in [2.45, 2.75) is 47.9 Å². The van der Waals surface area contributed by atoms with Gasteiger partial charge >= 0.3 is 6.61 Å². The van der Waals surface area contributed by atoms with E-state index in [1.165, 1.54) is 23.1 Å². The van der Waals surface area contributed by atoms with Gasteiger partial charge in [0.05, 0.1) is 28.5 Å². The maximum Gasteiger partial charge on any atom is 0.345 e. The van der Waals surface area contributed by atoms with Crippen LogP contribution >= 0.6 is 23.1 Å². The smallest absolute Gasteiger partial charge is 0.345 e. The number of hydrogen-bond donors (Lipinski definition) is 4. The average Bonchev–Trinajstić information content (AvgIpc) is 3.62. The molecule has 10 nitrogen and oxygen atoms in total. The molecule has 3 atom stereocenters. The number of amidine groups is 1. The van der Waals surface area contributed by atoms with Gasteiger partial charge in [-0.2, -0.15) is 8.78 Å². The van der Waals surface area contributed by atoms with Crippen LogP contribution in [-0.2, 0) is 14.3 Å². The maximum absolute atomic E-state index is 13.2. The van der Waals surface area contributed by atoms with Crippen molar-refractivity contribution in [1.29, 1.82) is 5.41 Å². The van der Waals surface area contributed by atoms with Crippen LogP contribution < -0.4 is 21.1 Å². The van der Waals surface area contributed by atoms with Gasteiger partial charge in [-0.05, 0) is 43.3 Å². The zero-order valence-corrected chi connectivity index (χ0v) is 23.9. The molecule has 0 spiro atoms. The molecule has 2 aromatic carbocycles. The lowest BCUT2D eigenvalue weighted by molar-refractivity contribution is -0.160. The highest BCUT2D eigenvalue weighted by Gasteiger charge is 2.41. The quantitative estimate of drug-likeness (QED) is 0.164. The van der Waals surface area contributed by atoms with E-state index in [1.807, 2.05) is 24.3 Å². The highest BCUT2D eigenvalue weighted by molar-refractivity contribution is 7.99. The largest absolute Gasteiger partial charge is 0.455 e. The number of ether oxygens (including phenoxy) is 2. The summed E-state index contributed by atoms with van der Waals surface area (Å²) in [6.45, 7) is -2.04. The second-order valence-corrected chi connectivity index (χ2v) is 11.7. The van der Waals surface area contributed by atoms with Crippen molar-refractivity contribution in [2.24, 2.45) is 5.73 Å². The molecular formula is C28H27F2N5O5S2. The summed E-state index contributed by atoms with van der Waals surface area (Å²) in [6.07, 6.45) is -1.19. The fourth-order valence-corrected chi connectivity index (χ4v) is 6.54. The summed E-state index contributed by atoms with van der Waals surface area (Å²) in [4.78, 5) is 42.9. The van der Waals surface area contributed by atoms with Crippen molar-refractivity contribution >= 4 is 46.7 Å². The Bertz CT molecular complexity index is 1530. The molecule has 3 aromatic rings. The number of nitrogens with zero attached hydrogens (tertiary/aromatic N) is 1. The van der Waals surface area contributed by atoms with Crippen LogP contribution in [0.2, 0.25) is 0 Å². The van der Waals surface area contributed by atoms with Gasteiger partial charge in [-0.1, -0.05) is 23.9 Å². The Kier molecular flexibility index (Phi) is 8.75. The average molecular weight is 616 g/mol. The predicted molar refractivity (Wildman–Crippen MR) is 152 cm³/mol. The van der Waals surface area contributed by atoms with Crippen molar-refractivity contribution < 1.29 is 32.6 Å². The summed E-state index contributed by atoms with van der Waals surface area (Å²) in [5.41, 5.74) is 6.30. The van der Waals surface area contributed by atoms with Gasteiger partial charge in [0, 0.05) is 34.3 Å². The lowest BCUT2D eigenvalue weighted by Gasteiger charge is -2.25. The van der Waals surface area contributed by atoms with Gasteiger partial charge in [-0.15, -0.1) is 11.3 Å². The van der Waals surface area contributed by atoms with Crippen molar-refractivity contribution in [1.82, 2.24) is 15.5 Å². The first kappa shape index (κ1) is 29.5. The summed E-state index contributed by atoms with van der Waals surface area (Å²) < 4.78 is 36.5. The first-order valence-electron chi connectivity index (χ1n) is 12.9. The number of benzene rings is 2. The van der Waals surface area contributed by atoms with Gasteiger partial charge in [-0.25, -0.2) is 0 Å². The molecule has 1 aromatic heterocycles. The third-order valence-corrected chi connectivity index (χ3v) is 9.02. The fraction of sp³-hybridized carbons (Fsp3) is 0.286. The number of halogens is 2. The molecular weight excluding hydrogens is 588 g/mol. The standard InChI is InChI=1S/C28H27F2N5O5S2/c1-14(23-9-16(13-41-23)25(31)32)34-27(38)18-10-17(39-28(29)30)12-35(18)24(36)11-33-26(37)15-6-7-22-20(8-15)40-19-4-2-3-5-21(19)42-22/h2-9,13-14,17-18,28H,10-12H2,1H3,(H3,31,32)(H,33,37)(H,34,38)/t14-,17-,18+/m1/s1. The number of nitrogen functional groups attached to an aromatic ring is 1. The zero-order valence-electron chi connectivity index (χ0n) is 22.3. The van der Waals surface area contributed by atoms with E-state index in [2.05, 4.69) is 15.4 Å². The summed E-state index contributed by atoms with van der Waals surface area (Å²) in [7, 11) is 0. The highest BCUT2D eigenvalue weighted by Crippen LogP contribution is 2.46. The van der Waals surface area contributed by atoms with Gasteiger partial charge in [0.25, 0.3) is 5.91 Å². The lowest BCUT2D eigenvalue weighted by Crippen LogP contribution is -2.49. The minimum Gasteiger partial charge on any atom is -0.455 e. The Hall–Kier alpha value is -4.01. The molecule has 42 heavy (non-hydrogen) atoms. The van der Waals surface area contributed by atoms with Crippen LogP contribution in [0.1, 0.15) is 40.2 Å². The van der Waals surface area contributed by atoms with Crippen LogP contribution in [0.25, 0.3) is 0 Å². The number of likely N-dealkylation sites (tertiary alicyclic amines) is 1. The summed E-state index contributed by atoms with van der Waals surface area (Å²) >= 11 is 2.82. The number of nitrogens with one attached hydrogen (secondary N) is 3. The minimum absolute atomic E-state index is 0.107. The fourth-order valence-electron chi connectivity index (χ4n) is 4.70. The van der Waals surface area contributed by atoms with E-state index in [4.69, 9.17) is 15.9 Å². The topological polar surface area (TPSA) is 147 Å². The van der Waals surface area contributed by atoms with Crippen LogP contribution in [0.3, 0.4) is 0 Å².